The number of amidine groups is 2. The molecule has 9 heteroatoms. The summed E-state index contributed by atoms with van der Waals surface area (Å²) >= 11 is 5.90. The molecule has 0 amide bonds. The highest BCUT2D eigenvalue weighted by molar-refractivity contribution is 6.30. The van der Waals surface area contributed by atoms with Crippen LogP contribution in [-0.4, -0.2) is 24.4 Å². The van der Waals surface area contributed by atoms with Gasteiger partial charge in [0.2, 0.25) is 0 Å². The van der Waals surface area contributed by atoms with Crippen LogP contribution in [0.5, 0.6) is 0 Å². The number of rotatable bonds is 2. The van der Waals surface area contributed by atoms with Crippen LogP contribution in [0.3, 0.4) is 0 Å². The lowest BCUT2D eigenvalue weighted by molar-refractivity contribution is -0.117. The highest BCUT2D eigenvalue weighted by Gasteiger charge is 2.56. The summed E-state index contributed by atoms with van der Waals surface area (Å²) in [6.45, 7) is 0.379. The second kappa shape index (κ2) is 6.41. The molecule has 0 spiro atoms. The van der Waals surface area contributed by atoms with Crippen LogP contribution in [0.2, 0.25) is 5.02 Å². The van der Waals surface area contributed by atoms with Crippen LogP contribution >= 0.6 is 11.6 Å². The van der Waals surface area contributed by atoms with E-state index < -0.39 is 29.9 Å². The molecule has 28 heavy (non-hydrogen) atoms. The molecule has 4 rings (SSSR count). The zero-order valence-corrected chi connectivity index (χ0v) is 15.5. The zero-order chi connectivity index (χ0) is 20.1. The van der Waals surface area contributed by atoms with Crippen molar-refractivity contribution in [2.45, 2.75) is 24.9 Å². The first kappa shape index (κ1) is 18.6. The molecule has 0 aliphatic carbocycles. The van der Waals surface area contributed by atoms with Gasteiger partial charge >= 0.3 is 5.92 Å². The molecule has 3 N–H and O–H groups in total. The molecule has 0 saturated carbocycles. The van der Waals surface area contributed by atoms with Gasteiger partial charge in [0.1, 0.15) is 11.7 Å². The molecule has 2 aliphatic rings. The lowest BCUT2D eigenvalue weighted by Crippen LogP contribution is -2.51. The molecule has 0 aromatic heterocycles. The fourth-order valence-electron chi connectivity index (χ4n) is 3.23. The van der Waals surface area contributed by atoms with Crippen LogP contribution in [0, 0.1) is 5.82 Å². The molecule has 2 aliphatic heterocycles. The van der Waals surface area contributed by atoms with E-state index in [0.717, 1.165) is 12.5 Å². The van der Waals surface area contributed by atoms with E-state index in [0.29, 0.717) is 22.1 Å². The van der Waals surface area contributed by atoms with E-state index in [9.17, 15) is 13.2 Å². The third kappa shape index (κ3) is 2.97. The van der Waals surface area contributed by atoms with E-state index in [2.05, 4.69) is 20.0 Å². The maximum Gasteiger partial charge on any atom is 0.310 e. The van der Waals surface area contributed by atoms with Gasteiger partial charge in [-0.2, -0.15) is 8.78 Å². The van der Waals surface area contributed by atoms with E-state index in [1.165, 1.54) is 12.1 Å². The smallest absolute Gasteiger partial charge is 0.310 e. The number of nitrogens with two attached hydrogens (primary N) is 1. The number of nitrogens with one attached hydrogen (secondary N) is 1. The van der Waals surface area contributed by atoms with Gasteiger partial charge in [-0.15, -0.1) is 0 Å². The van der Waals surface area contributed by atoms with E-state index in [4.69, 9.17) is 17.3 Å². The monoisotopic (exact) mass is 408 g/mol. The molecular formula is C19H16ClF3N4O. The Bertz CT molecular complexity index is 1010. The highest BCUT2D eigenvalue weighted by atomic mass is 35.5. The number of benzene rings is 2. The lowest BCUT2D eigenvalue weighted by atomic mass is 9.84. The van der Waals surface area contributed by atoms with Crippen molar-refractivity contribution < 1.29 is 17.9 Å². The molecule has 0 saturated heterocycles. The van der Waals surface area contributed by atoms with Crippen LogP contribution in [0.4, 0.5) is 18.9 Å². The number of halogens is 4. The molecule has 146 valence electrons. The van der Waals surface area contributed by atoms with Crippen molar-refractivity contribution in [3.8, 4) is 0 Å². The summed E-state index contributed by atoms with van der Waals surface area (Å²) in [5.74, 6) is -3.70. The fraction of sp³-hybridized carbons (Fsp3) is 0.263. The molecule has 0 unspecified atom stereocenters. The van der Waals surface area contributed by atoms with Gasteiger partial charge in [-0.05, 0) is 43.3 Å². The maximum atomic E-state index is 14.8. The Morgan fingerprint density at radius 2 is 1.93 bits per heavy atom. The van der Waals surface area contributed by atoms with Gasteiger partial charge in [0.05, 0.1) is 6.54 Å². The SMILES string of the molecule is C[C@]1(c2cc3c(cc2F)CN=C(c2ccc(Cl)cc2)N3)N=C(N)OCC1(F)F. The average molecular weight is 409 g/mol. The Hall–Kier alpha value is -2.74. The van der Waals surface area contributed by atoms with Gasteiger partial charge in [0, 0.05) is 27.4 Å². The van der Waals surface area contributed by atoms with Crippen molar-refractivity contribution in [1.29, 1.82) is 0 Å². The molecule has 0 radical (unpaired) electrons. The summed E-state index contributed by atoms with van der Waals surface area (Å²) in [6.07, 6.45) is 0. The summed E-state index contributed by atoms with van der Waals surface area (Å²) in [5, 5.41) is 3.66. The molecule has 2 heterocycles. The summed E-state index contributed by atoms with van der Waals surface area (Å²) in [6, 6.07) is 9.13. The predicted octanol–water partition coefficient (Wildman–Crippen LogP) is 4.05. The quantitative estimate of drug-likeness (QED) is 0.787. The zero-order valence-electron chi connectivity index (χ0n) is 14.8. The average Bonchev–Trinajstić information content (AvgIpc) is 2.65. The third-order valence-corrected chi connectivity index (χ3v) is 5.19. The van der Waals surface area contributed by atoms with Gasteiger partial charge in [-0.25, -0.2) is 9.38 Å². The van der Waals surface area contributed by atoms with Crippen LogP contribution in [0.25, 0.3) is 0 Å². The second-order valence-electron chi connectivity index (χ2n) is 6.80. The number of nitrogens with zero attached hydrogens (tertiary/aromatic N) is 2. The topological polar surface area (TPSA) is 72.0 Å². The van der Waals surface area contributed by atoms with E-state index in [1.54, 1.807) is 24.3 Å². The van der Waals surface area contributed by atoms with Gasteiger partial charge in [0.15, 0.2) is 12.1 Å². The lowest BCUT2D eigenvalue weighted by Gasteiger charge is -2.38. The minimum Gasteiger partial charge on any atom is -0.459 e. The molecule has 0 bridgehead atoms. The normalized spacial score (nSPS) is 23.0. The van der Waals surface area contributed by atoms with Crippen LogP contribution in [0.1, 0.15) is 23.6 Å². The van der Waals surface area contributed by atoms with Crippen molar-refractivity contribution in [2.75, 3.05) is 11.9 Å². The molecule has 5 nitrogen and oxygen atoms in total. The predicted molar refractivity (Wildman–Crippen MR) is 102 cm³/mol. The number of fused-ring (bicyclic) bond motifs is 1. The summed E-state index contributed by atoms with van der Waals surface area (Å²) < 4.78 is 48.6. The van der Waals surface area contributed by atoms with Gasteiger partial charge in [-0.1, -0.05) is 11.6 Å². The minimum absolute atomic E-state index is 0.207. The fourth-order valence-corrected chi connectivity index (χ4v) is 3.36. The maximum absolute atomic E-state index is 14.8. The van der Waals surface area contributed by atoms with Crippen molar-refractivity contribution >= 4 is 29.1 Å². The van der Waals surface area contributed by atoms with Gasteiger partial charge < -0.3 is 15.8 Å². The van der Waals surface area contributed by atoms with Crippen molar-refractivity contribution in [3.05, 3.63) is 63.9 Å². The van der Waals surface area contributed by atoms with E-state index in [-0.39, 0.29) is 12.1 Å². The summed E-state index contributed by atoms with van der Waals surface area (Å²) in [7, 11) is 0. The van der Waals surface area contributed by atoms with Crippen molar-refractivity contribution in [2.24, 2.45) is 15.7 Å². The molecule has 0 fully saturated rings. The first-order valence-electron chi connectivity index (χ1n) is 8.46. The van der Waals surface area contributed by atoms with Gasteiger partial charge in [-0.3, -0.25) is 4.99 Å². The molecule has 2 aromatic rings. The van der Waals surface area contributed by atoms with E-state index >= 15 is 0 Å². The summed E-state index contributed by atoms with van der Waals surface area (Å²) in [5.41, 5.74) is 4.83. The molecule has 2 aromatic carbocycles. The number of hydrogen-bond acceptors (Lipinski definition) is 5. The number of alkyl halides is 2. The van der Waals surface area contributed by atoms with E-state index in [1.807, 2.05) is 0 Å². The van der Waals surface area contributed by atoms with Crippen molar-refractivity contribution in [3.63, 3.8) is 0 Å². The first-order valence-corrected chi connectivity index (χ1v) is 8.84. The molecule has 1 atom stereocenters. The number of ether oxygens (including phenoxy) is 1. The standard InChI is InChI=1S/C19H16ClF3N4O/c1-18(19(22,23)9-28-17(24)27-18)13-7-15-11(6-14(13)21)8-25-16(26-15)10-2-4-12(20)5-3-10/h2-7H,8-9H2,1H3,(H2,24,27)(H,25,26)/t18-/m1/s1. The Morgan fingerprint density at radius 1 is 1.21 bits per heavy atom. The third-order valence-electron chi connectivity index (χ3n) is 4.94. The Labute approximate surface area is 164 Å². The number of hydrogen-bond donors (Lipinski definition) is 2. The van der Waals surface area contributed by atoms with Crippen LogP contribution in [0.15, 0.2) is 46.4 Å². The Balaban J connectivity index is 1.76. The van der Waals surface area contributed by atoms with Gasteiger partial charge in [0.25, 0.3) is 6.02 Å². The molecular weight excluding hydrogens is 393 g/mol. The van der Waals surface area contributed by atoms with Crippen LogP contribution < -0.4 is 11.1 Å². The summed E-state index contributed by atoms with van der Waals surface area (Å²) in [4.78, 5) is 8.14. The number of anilines is 1. The van der Waals surface area contributed by atoms with Crippen LogP contribution in [-0.2, 0) is 16.8 Å². The first-order chi connectivity index (χ1) is 13.2. The number of aliphatic imine (C=N–C) groups is 2. The second-order valence-corrected chi connectivity index (χ2v) is 7.24. The highest BCUT2D eigenvalue weighted by Crippen LogP contribution is 2.45. The Kier molecular flexibility index (Phi) is 4.26. The Morgan fingerprint density at radius 3 is 2.64 bits per heavy atom. The minimum atomic E-state index is -3.44. The van der Waals surface area contributed by atoms with Crippen molar-refractivity contribution in [1.82, 2.24) is 0 Å². The largest absolute Gasteiger partial charge is 0.459 e.